The van der Waals surface area contributed by atoms with E-state index in [1.165, 1.54) is 0 Å². The Morgan fingerprint density at radius 3 is 3.00 bits per heavy atom. The Bertz CT molecular complexity index is 540. The van der Waals surface area contributed by atoms with E-state index in [9.17, 15) is 4.79 Å². The molecule has 0 aliphatic carbocycles. The lowest BCUT2D eigenvalue weighted by molar-refractivity contribution is 0.0950. The predicted octanol–water partition coefficient (Wildman–Crippen LogP) is 1.28. The van der Waals surface area contributed by atoms with Crippen LogP contribution in [-0.2, 0) is 6.54 Å². The van der Waals surface area contributed by atoms with Crippen LogP contribution in [0.5, 0.6) is 0 Å². The summed E-state index contributed by atoms with van der Waals surface area (Å²) in [6.07, 6.45) is 3.31. The fourth-order valence-electron chi connectivity index (χ4n) is 1.48. The summed E-state index contributed by atoms with van der Waals surface area (Å²) in [4.78, 5) is 18.9. The lowest BCUT2D eigenvalue weighted by Gasteiger charge is -2.09. The zero-order chi connectivity index (χ0) is 13.0. The van der Waals surface area contributed by atoms with Gasteiger partial charge in [-0.05, 0) is 18.2 Å². The van der Waals surface area contributed by atoms with Gasteiger partial charge in [-0.3, -0.25) is 10.6 Å². The molecule has 0 spiro atoms. The number of nitrogens with zero attached hydrogens (tertiary/aromatic N) is 1. The molecular weight excluding hydrogens is 254 g/mol. The Balaban J connectivity index is 2.10. The van der Waals surface area contributed by atoms with Gasteiger partial charge in [0.2, 0.25) is 0 Å². The van der Waals surface area contributed by atoms with Crippen LogP contribution in [0.4, 0.5) is 5.69 Å². The molecule has 18 heavy (non-hydrogen) atoms. The topological polar surface area (TPSA) is 95.8 Å². The monoisotopic (exact) mass is 265 g/mol. The average Bonchev–Trinajstić information content (AvgIpc) is 2.89. The maximum absolute atomic E-state index is 12.0. The molecular formula is C11H12ClN5O. The van der Waals surface area contributed by atoms with Crippen molar-refractivity contribution in [2.75, 3.05) is 5.43 Å². The van der Waals surface area contributed by atoms with E-state index in [0.717, 1.165) is 0 Å². The predicted molar refractivity (Wildman–Crippen MR) is 69.0 cm³/mol. The first-order valence-corrected chi connectivity index (χ1v) is 5.61. The van der Waals surface area contributed by atoms with E-state index in [4.69, 9.17) is 17.4 Å². The zero-order valence-electron chi connectivity index (χ0n) is 9.40. The summed E-state index contributed by atoms with van der Waals surface area (Å²) in [5, 5.41) is 3.19. The maximum atomic E-state index is 12.0. The number of hydrogen-bond donors (Lipinski definition) is 4. The Hall–Kier alpha value is -2.05. The molecule has 0 fully saturated rings. The molecule has 7 heteroatoms. The number of amides is 1. The minimum absolute atomic E-state index is 0.276. The molecule has 0 radical (unpaired) electrons. The molecule has 1 amide bonds. The maximum Gasteiger partial charge on any atom is 0.253 e. The van der Waals surface area contributed by atoms with E-state index in [0.29, 0.717) is 28.6 Å². The van der Waals surface area contributed by atoms with Gasteiger partial charge in [-0.15, -0.1) is 0 Å². The molecule has 6 nitrogen and oxygen atoms in total. The van der Waals surface area contributed by atoms with Gasteiger partial charge < -0.3 is 15.7 Å². The summed E-state index contributed by atoms with van der Waals surface area (Å²) >= 11 is 5.85. The standard InChI is InChI=1S/C11H12ClN5O/c12-7-1-2-9(17-13)8(5-7)11(18)16-6-10-14-3-4-15-10/h1-5,17H,6,13H2,(H,14,15)(H,16,18). The molecule has 94 valence electrons. The third-order valence-corrected chi connectivity index (χ3v) is 2.59. The number of H-pyrrole nitrogens is 1. The van der Waals surface area contributed by atoms with Crippen LogP contribution in [0.15, 0.2) is 30.6 Å². The van der Waals surface area contributed by atoms with E-state index in [1.54, 1.807) is 30.6 Å². The highest BCUT2D eigenvalue weighted by molar-refractivity contribution is 6.31. The Morgan fingerprint density at radius 2 is 2.33 bits per heavy atom. The van der Waals surface area contributed by atoms with Gasteiger partial charge in [0.1, 0.15) is 5.82 Å². The van der Waals surface area contributed by atoms with Crippen LogP contribution in [0.1, 0.15) is 16.2 Å². The van der Waals surface area contributed by atoms with Gasteiger partial charge in [0.25, 0.3) is 5.91 Å². The first-order chi connectivity index (χ1) is 8.70. The van der Waals surface area contributed by atoms with Crippen LogP contribution in [0.25, 0.3) is 0 Å². The number of hydrogen-bond acceptors (Lipinski definition) is 4. The summed E-state index contributed by atoms with van der Waals surface area (Å²) in [6.45, 7) is 0.308. The largest absolute Gasteiger partial charge is 0.347 e. The molecule has 0 aliphatic heterocycles. The number of aromatic amines is 1. The number of carbonyl (C=O) groups excluding carboxylic acids is 1. The number of nitrogen functional groups attached to an aromatic ring is 1. The van der Waals surface area contributed by atoms with Crippen molar-refractivity contribution >= 4 is 23.2 Å². The summed E-state index contributed by atoms with van der Waals surface area (Å²) in [7, 11) is 0. The Kier molecular flexibility index (Phi) is 3.81. The van der Waals surface area contributed by atoms with Crippen molar-refractivity contribution in [3.05, 3.63) is 47.0 Å². The van der Waals surface area contributed by atoms with Crippen LogP contribution in [0.3, 0.4) is 0 Å². The molecule has 0 unspecified atom stereocenters. The first kappa shape index (κ1) is 12.4. The van der Waals surface area contributed by atoms with Crippen LogP contribution < -0.4 is 16.6 Å². The molecule has 0 atom stereocenters. The van der Waals surface area contributed by atoms with Crippen molar-refractivity contribution in [1.82, 2.24) is 15.3 Å². The van der Waals surface area contributed by atoms with Gasteiger partial charge >= 0.3 is 0 Å². The smallest absolute Gasteiger partial charge is 0.253 e. The second-order valence-electron chi connectivity index (χ2n) is 3.55. The zero-order valence-corrected chi connectivity index (χ0v) is 10.2. The number of anilines is 1. The van der Waals surface area contributed by atoms with E-state index in [2.05, 4.69) is 20.7 Å². The number of benzene rings is 1. The molecule has 0 saturated heterocycles. The van der Waals surface area contributed by atoms with Gasteiger partial charge in [-0.2, -0.15) is 0 Å². The van der Waals surface area contributed by atoms with E-state index in [1.807, 2.05) is 0 Å². The van der Waals surface area contributed by atoms with Gasteiger partial charge in [0.05, 0.1) is 17.8 Å². The highest BCUT2D eigenvalue weighted by Gasteiger charge is 2.11. The van der Waals surface area contributed by atoms with Crippen LogP contribution >= 0.6 is 11.6 Å². The number of aromatic nitrogens is 2. The quantitative estimate of drug-likeness (QED) is 0.495. The number of imidazole rings is 1. The number of rotatable bonds is 4. The van der Waals surface area contributed by atoms with Gasteiger partial charge in [0, 0.05) is 17.4 Å². The fourth-order valence-corrected chi connectivity index (χ4v) is 1.66. The molecule has 0 saturated carbocycles. The van der Waals surface area contributed by atoms with Crippen LogP contribution in [0, 0.1) is 0 Å². The summed E-state index contributed by atoms with van der Waals surface area (Å²) in [6, 6.07) is 4.85. The molecule has 2 rings (SSSR count). The average molecular weight is 266 g/mol. The minimum atomic E-state index is -0.276. The van der Waals surface area contributed by atoms with Crippen molar-refractivity contribution < 1.29 is 4.79 Å². The highest BCUT2D eigenvalue weighted by atomic mass is 35.5. The normalized spacial score (nSPS) is 10.1. The van der Waals surface area contributed by atoms with E-state index in [-0.39, 0.29) is 5.91 Å². The fraction of sp³-hybridized carbons (Fsp3) is 0.0909. The molecule has 1 aromatic heterocycles. The summed E-state index contributed by atoms with van der Waals surface area (Å²) in [5.74, 6) is 5.74. The van der Waals surface area contributed by atoms with Gasteiger partial charge in [-0.1, -0.05) is 11.6 Å². The first-order valence-electron chi connectivity index (χ1n) is 5.23. The summed E-state index contributed by atoms with van der Waals surface area (Å²) < 4.78 is 0. The number of nitrogens with one attached hydrogen (secondary N) is 3. The van der Waals surface area contributed by atoms with Crippen molar-refractivity contribution in [3.8, 4) is 0 Å². The third-order valence-electron chi connectivity index (χ3n) is 2.35. The number of halogens is 1. The second kappa shape index (κ2) is 5.52. The molecule has 0 aliphatic rings. The van der Waals surface area contributed by atoms with Crippen LogP contribution in [0.2, 0.25) is 5.02 Å². The number of carbonyl (C=O) groups is 1. The minimum Gasteiger partial charge on any atom is -0.347 e. The molecule has 5 N–H and O–H groups in total. The van der Waals surface area contributed by atoms with Crippen molar-refractivity contribution in [1.29, 1.82) is 0 Å². The molecule has 2 aromatic rings. The van der Waals surface area contributed by atoms with Crippen LogP contribution in [-0.4, -0.2) is 15.9 Å². The summed E-state index contributed by atoms with van der Waals surface area (Å²) in [5.41, 5.74) is 3.35. The Morgan fingerprint density at radius 1 is 1.50 bits per heavy atom. The molecule has 0 bridgehead atoms. The lowest BCUT2D eigenvalue weighted by Crippen LogP contribution is -2.25. The molecule has 1 heterocycles. The van der Waals surface area contributed by atoms with Gasteiger partial charge in [0.15, 0.2) is 0 Å². The SMILES string of the molecule is NNc1ccc(Cl)cc1C(=O)NCc1ncc[nH]1. The second-order valence-corrected chi connectivity index (χ2v) is 3.99. The molecule has 1 aromatic carbocycles. The lowest BCUT2D eigenvalue weighted by atomic mass is 10.1. The Labute approximate surface area is 109 Å². The van der Waals surface area contributed by atoms with Crippen molar-refractivity contribution in [3.63, 3.8) is 0 Å². The number of nitrogens with two attached hydrogens (primary N) is 1. The third kappa shape index (κ3) is 2.79. The van der Waals surface area contributed by atoms with Crippen molar-refractivity contribution in [2.45, 2.75) is 6.54 Å². The van der Waals surface area contributed by atoms with E-state index >= 15 is 0 Å². The van der Waals surface area contributed by atoms with Gasteiger partial charge in [-0.25, -0.2) is 4.98 Å². The van der Waals surface area contributed by atoms with E-state index < -0.39 is 0 Å². The number of hydrazine groups is 1. The highest BCUT2D eigenvalue weighted by Crippen LogP contribution is 2.19. The van der Waals surface area contributed by atoms with Crippen molar-refractivity contribution in [2.24, 2.45) is 5.84 Å².